The molecule has 1 aliphatic heterocycles. The third-order valence-corrected chi connectivity index (χ3v) is 4.98. The number of rotatable bonds is 4. The van der Waals surface area contributed by atoms with Gasteiger partial charge in [0, 0.05) is 10.9 Å². The fraction of sp³-hybridized carbons (Fsp3) is 0.294. The average Bonchev–Trinajstić information content (AvgIpc) is 3.33. The lowest BCUT2D eigenvalue weighted by Crippen LogP contribution is -2.29. The molecule has 8 heteroatoms. The van der Waals surface area contributed by atoms with Crippen LogP contribution in [0.3, 0.4) is 0 Å². The van der Waals surface area contributed by atoms with E-state index in [2.05, 4.69) is 25.9 Å². The number of amides is 1. The highest BCUT2D eigenvalue weighted by atomic mass is 32.1. The van der Waals surface area contributed by atoms with Gasteiger partial charge in [-0.15, -0.1) is 16.4 Å². The molecule has 1 aromatic carbocycles. The van der Waals surface area contributed by atoms with Crippen LogP contribution in [0.1, 0.15) is 29.4 Å². The highest BCUT2D eigenvalue weighted by Crippen LogP contribution is 2.25. The van der Waals surface area contributed by atoms with E-state index < -0.39 is 0 Å². The predicted molar refractivity (Wildman–Crippen MR) is 96.7 cm³/mol. The second-order valence-electron chi connectivity index (χ2n) is 5.92. The monoisotopic (exact) mass is 354 g/mol. The van der Waals surface area contributed by atoms with Gasteiger partial charge in [-0.2, -0.15) is 0 Å². The Balaban J connectivity index is 1.44. The van der Waals surface area contributed by atoms with Gasteiger partial charge in [-0.3, -0.25) is 10.1 Å². The number of aromatic nitrogens is 4. The Morgan fingerprint density at radius 1 is 1.24 bits per heavy atom. The number of nitrogens with one attached hydrogen (secondary N) is 2. The van der Waals surface area contributed by atoms with Crippen LogP contribution in [0.2, 0.25) is 0 Å². The molecular weight excluding hydrogens is 336 g/mol. The third kappa shape index (κ3) is 3.59. The molecule has 2 N–H and O–H groups in total. The van der Waals surface area contributed by atoms with Gasteiger partial charge in [0.05, 0.1) is 17.9 Å². The van der Waals surface area contributed by atoms with Crippen LogP contribution in [0.25, 0.3) is 11.3 Å². The Morgan fingerprint density at radius 3 is 2.84 bits per heavy atom. The summed E-state index contributed by atoms with van der Waals surface area (Å²) in [5.41, 5.74) is 2.19. The molecule has 0 radical (unpaired) electrons. The number of carbonyl (C=O) groups excluding carboxylic acids is 1. The van der Waals surface area contributed by atoms with Crippen molar-refractivity contribution in [2.24, 2.45) is 0 Å². The zero-order valence-electron chi connectivity index (χ0n) is 13.6. The molecule has 2 aromatic heterocycles. The van der Waals surface area contributed by atoms with Crippen molar-refractivity contribution in [2.45, 2.75) is 18.9 Å². The van der Waals surface area contributed by atoms with Crippen LogP contribution < -0.4 is 10.6 Å². The third-order valence-electron chi connectivity index (χ3n) is 4.22. The minimum absolute atomic E-state index is 0.283. The van der Waals surface area contributed by atoms with Crippen molar-refractivity contribution in [1.29, 1.82) is 0 Å². The summed E-state index contributed by atoms with van der Waals surface area (Å²) in [6.07, 6.45) is 3.71. The molecule has 1 saturated heterocycles. The molecule has 0 bridgehead atoms. The molecule has 0 atom stereocenters. The van der Waals surface area contributed by atoms with Crippen molar-refractivity contribution in [1.82, 2.24) is 25.3 Å². The van der Waals surface area contributed by atoms with Crippen LogP contribution in [-0.4, -0.2) is 39.0 Å². The maximum absolute atomic E-state index is 12.4. The molecule has 0 spiro atoms. The minimum atomic E-state index is -0.283. The Hall–Kier alpha value is -2.58. The Kier molecular flexibility index (Phi) is 4.53. The van der Waals surface area contributed by atoms with Gasteiger partial charge in [0.2, 0.25) is 0 Å². The van der Waals surface area contributed by atoms with Crippen molar-refractivity contribution < 1.29 is 4.79 Å². The normalized spacial score (nSPS) is 15.2. The molecule has 0 aliphatic carbocycles. The first-order valence-electron chi connectivity index (χ1n) is 8.24. The van der Waals surface area contributed by atoms with Crippen molar-refractivity contribution in [3.8, 4) is 11.3 Å². The number of benzene rings is 1. The van der Waals surface area contributed by atoms with Gasteiger partial charge in [0.25, 0.3) is 5.91 Å². The van der Waals surface area contributed by atoms with E-state index >= 15 is 0 Å². The summed E-state index contributed by atoms with van der Waals surface area (Å²) in [5.74, 6) is -0.283. The van der Waals surface area contributed by atoms with Gasteiger partial charge in [-0.05, 0) is 25.9 Å². The van der Waals surface area contributed by atoms with Crippen LogP contribution >= 0.6 is 11.3 Å². The van der Waals surface area contributed by atoms with Crippen LogP contribution in [0.4, 0.5) is 5.13 Å². The molecule has 25 heavy (non-hydrogen) atoms. The smallest absolute Gasteiger partial charge is 0.279 e. The van der Waals surface area contributed by atoms with E-state index in [1.165, 1.54) is 11.3 Å². The van der Waals surface area contributed by atoms with E-state index in [1.54, 1.807) is 10.9 Å². The Morgan fingerprint density at radius 2 is 2.04 bits per heavy atom. The average molecular weight is 354 g/mol. The zero-order valence-corrected chi connectivity index (χ0v) is 14.4. The molecule has 1 fully saturated rings. The van der Waals surface area contributed by atoms with E-state index in [0.29, 0.717) is 16.9 Å². The van der Waals surface area contributed by atoms with Gasteiger partial charge in [0.15, 0.2) is 10.8 Å². The summed E-state index contributed by atoms with van der Waals surface area (Å²) in [7, 11) is 0. The minimum Gasteiger partial charge on any atom is -0.317 e. The van der Waals surface area contributed by atoms with Crippen LogP contribution in [-0.2, 0) is 0 Å². The number of piperidine rings is 1. The van der Waals surface area contributed by atoms with Crippen molar-refractivity contribution in [3.63, 3.8) is 0 Å². The maximum atomic E-state index is 12.4. The number of nitrogens with zero attached hydrogens (tertiary/aromatic N) is 4. The molecule has 3 heterocycles. The van der Waals surface area contributed by atoms with Gasteiger partial charge in [-0.25, -0.2) is 9.67 Å². The Bertz CT molecular complexity index is 853. The molecule has 3 aromatic rings. The maximum Gasteiger partial charge on any atom is 0.279 e. The molecule has 4 rings (SSSR count). The number of hydrogen-bond acceptors (Lipinski definition) is 6. The molecule has 7 nitrogen and oxygen atoms in total. The van der Waals surface area contributed by atoms with Crippen LogP contribution in [0.15, 0.2) is 41.9 Å². The lowest BCUT2D eigenvalue weighted by atomic mass is 10.1. The summed E-state index contributed by atoms with van der Waals surface area (Å²) in [4.78, 5) is 16.8. The van der Waals surface area contributed by atoms with Gasteiger partial charge in [0.1, 0.15) is 0 Å². The number of anilines is 1. The highest BCUT2D eigenvalue weighted by molar-refractivity contribution is 7.14. The number of thiazole rings is 1. The van der Waals surface area contributed by atoms with E-state index in [9.17, 15) is 4.79 Å². The first-order valence-corrected chi connectivity index (χ1v) is 9.12. The number of carbonyl (C=O) groups is 1. The highest BCUT2D eigenvalue weighted by Gasteiger charge is 2.19. The second-order valence-corrected chi connectivity index (χ2v) is 6.78. The lowest BCUT2D eigenvalue weighted by Gasteiger charge is -2.21. The fourth-order valence-corrected chi connectivity index (χ4v) is 3.58. The van der Waals surface area contributed by atoms with Crippen molar-refractivity contribution >= 4 is 22.4 Å². The van der Waals surface area contributed by atoms with Gasteiger partial charge in [-0.1, -0.05) is 35.5 Å². The molecule has 1 amide bonds. The van der Waals surface area contributed by atoms with Crippen molar-refractivity contribution in [2.75, 3.05) is 18.4 Å². The summed E-state index contributed by atoms with van der Waals surface area (Å²) in [5, 5.41) is 16.7. The van der Waals surface area contributed by atoms with Crippen LogP contribution in [0, 0.1) is 0 Å². The molecule has 1 aliphatic rings. The predicted octanol–water partition coefficient (Wildman–Crippen LogP) is 2.58. The molecule has 128 valence electrons. The summed E-state index contributed by atoms with van der Waals surface area (Å²) in [6.45, 7) is 1.93. The second kappa shape index (κ2) is 7.12. The quantitative estimate of drug-likeness (QED) is 0.752. The molecule has 0 saturated carbocycles. The standard InChI is InChI=1S/C17H18N6OS/c24-16(14-10-23(22-21-14)13-6-8-18-9-7-13)20-17-19-15(11-25-17)12-4-2-1-3-5-12/h1-5,10-11,13,18H,6-9H2,(H,19,20,24). The summed E-state index contributed by atoms with van der Waals surface area (Å²) < 4.78 is 1.80. The fourth-order valence-electron chi connectivity index (χ4n) is 2.86. The van der Waals surface area contributed by atoms with E-state index in [1.807, 2.05) is 35.7 Å². The topological polar surface area (TPSA) is 84.7 Å². The van der Waals surface area contributed by atoms with E-state index in [4.69, 9.17) is 0 Å². The van der Waals surface area contributed by atoms with E-state index in [0.717, 1.165) is 37.2 Å². The first kappa shape index (κ1) is 15.9. The molecule has 0 unspecified atom stereocenters. The SMILES string of the molecule is O=C(Nc1nc(-c2ccccc2)cs1)c1cn(C2CCNCC2)nn1. The zero-order chi connectivity index (χ0) is 17.1. The first-order chi connectivity index (χ1) is 12.3. The molecular formula is C17H18N6OS. The largest absolute Gasteiger partial charge is 0.317 e. The summed E-state index contributed by atoms with van der Waals surface area (Å²) in [6, 6.07) is 10.2. The van der Waals surface area contributed by atoms with Crippen LogP contribution in [0.5, 0.6) is 0 Å². The number of hydrogen-bond donors (Lipinski definition) is 2. The Labute approximate surface area is 149 Å². The van der Waals surface area contributed by atoms with Crippen molar-refractivity contribution in [3.05, 3.63) is 47.6 Å². The van der Waals surface area contributed by atoms with E-state index in [-0.39, 0.29) is 5.91 Å². The van der Waals surface area contributed by atoms with Gasteiger partial charge >= 0.3 is 0 Å². The summed E-state index contributed by atoms with van der Waals surface area (Å²) >= 11 is 1.40. The lowest BCUT2D eigenvalue weighted by molar-refractivity contribution is 0.102. The van der Waals surface area contributed by atoms with Gasteiger partial charge < -0.3 is 5.32 Å².